The number of aromatic nitrogens is 3. The van der Waals surface area contributed by atoms with Gasteiger partial charge in [0.1, 0.15) is 11.6 Å². The number of hydrogen-bond acceptors (Lipinski definition) is 4. The maximum absolute atomic E-state index is 14.2. The van der Waals surface area contributed by atoms with Gasteiger partial charge in [0.25, 0.3) is 0 Å². The molecule has 3 heterocycles. The monoisotopic (exact) mass is 334 g/mol. The molecule has 1 aromatic heterocycles. The van der Waals surface area contributed by atoms with Gasteiger partial charge in [-0.15, -0.1) is 5.10 Å². The van der Waals surface area contributed by atoms with Crippen molar-refractivity contribution in [3.8, 4) is 0 Å². The molecule has 2 aliphatic rings. The number of nitrogens with zero attached hydrogens (tertiary/aromatic N) is 4. The van der Waals surface area contributed by atoms with E-state index in [4.69, 9.17) is 4.74 Å². The first kappa shape index (κ1) is 15.5. The second kappa shape index (κ2) is 6.47. The van der Waals surface area contributed by atoms with E-state index in [-0.39, 0.29) is 18.1 Å². The molecule has 4 rings (SSSR count). The van der Waals surface area contributed by atoms with Crippen LogP contribution in [0.5, 0.6) is 0 Å². The first-order valence-electron chi connectivity index (χ1n) is 8.47. The van der Waals surface area contributed by atoms with E-state index in [0.29, 0.717) is 12.2 Å². The Bertz CT molecular complexity index is 714. The summed E-state index contributed by atoms with van der Waals surface area (Å²) in [4.78, 5) is 2.07. The summed E-state index contributed by atoms with van der Waals surface area (Å²) in [6.07, 6.45) is 6.29. The van der Waals surface area contributed by atoms with Gasteiger partial charge in [0.15, 0.2) is 12.0 Å². The van der Waals surface area contributed by atoms with E-state index in [2.05, 4.69) is 15.2 Å². The average Bonchev–Trinajstić information content (AvgIpc) is 3.26. The fourth-order valence-electron chi connectivity index (χ4n) is 3.70. The van der Waals surface area contributed by atoms with Crippen LogP contribution in [-0.4, -0.2) is 28.1 Å². The number of rotatable bonds is 3. The van der Waals surface area contributed by atoms with Crippen molar-refractivity contribution < 1.29 is 13.5 Å². The molecule has 2 aromatic rings. The van der Waals surface area contributed by atoms with Crippen LogP contribution in [0.25, 0.3) is 0 Å². The van der Waals surface area contributed by atoms with Crippen LogP contribution >= 0.6 is 0 Å². The molecule has 0 saturated carbocycles. The van der Waals surface area contributed by atoms with Crippen LogP contribution in [0.3, 0.4) is 0 Å². The first-order valence-corrected chi connectivity index (χ1v) is 8.47. The molecule has 0 radical (unpaired) electrons. The van der Waals surface area contributed by atoms with E-state index >= 15 is 0 Å². The summed E-state index contributed by atoms with van der Waals surface area (Å²) in [6, 6.07) is 3.44. The Kier molecular flexibility index (Phi) is 4.18. The van der Waals surface area contributed by atoms with Gasteiger partial charge in [-0.1, -0.05) is 5.21 Å². The summed E-state index contributed by atoms with van der Waals surface area (Å²) in [6.45, 7) is 1.48. The van der Waals surface area contributed by atoms with Crippen molar-refractivity contribution in [1.82, 2.24) is 15.0 Å². The molecule has 2 aliphatic heterocycles. The Morgan fingerprint density at radius 3 is 2.88 bits per heavy atom. The number of anilines is 1. The van der Waals surface area contributed by atoms with Gasteiger partial charge in [0, 0.05) is 18.7 Å². The molecule has 2 saturated heterocycles. The standard InChI is InChI=1S/C17H20F2N4O/c18-12-6-7-14(19)13(10-12)15-4-3-8-22(15)16-11-20-21-23(16)17-5-1-2-9-24-17/h6-7,10-11,15,17H,1-5,8-9H2/t15-,17-/m1/s1. The molecule has 7 heteroatoms. The number of benzene rings is 1. The fraction of sp³-hybridized carbons (Fsp3) is 0.529. The summed E-state index contributed by atoms with van der Waals surface area (Å²) >= 11 is 0. The third kappa shape index (κ3) is 2.77. The lowest BCUT2D eigenvalue weighted by atomic mass is 10.0. The first-order chi connectivity index (χ1) is 11.7. The van der Waals surface area contributed by atoms with Crippen LogP contribution in [0, 0.1) is 11.6 Å². The van der Waals surface area contributed by atoms with Gasteiger partial charge in [0.2, 0.25) is 0 Å². The van der Waals surface area contributed by atoms with Crippen LogP contribution in [-0.2, 0) is 4.74 Å². The fourth-order valence-corrected chi connectivity index (χ4v) is 3.70. The smallest absolute Gasteiger partial charge is 0.154 e. The second-order valence-electron chi connectivity index (χ2n) is 6.38. The van der Waals surface area contributed by atoms with E-state index < -0.39 is 5.82 Å². The minimum absolute atomic E-state index is 0.130. The SMILES string of the molecule is Fc1ccc(F)c([C@H]2CCCN2c2cnnn2[C@H]2CCCCO2)c1. The summed E-state index contributed by atoms with van der Waals surface area (Å²) in [5.74, 6) is 0.0230. The highest BCUT2D eigenvalue weighted by molar-refractivity contribution is 5.43. The topological polar surface area (TPSA) is 43.2 Å². The predicted octanol–water partition coefficient (Wildman–Crippen LogP) is 3.60. The minimum Gasteiger partial charge on any atom is -0.356 e. The van der Waals surface area contributed by atoms with E-state index in [1.54, 1.807) is 10.9 Å². The van der Waals surface area contributed by atoms with E-state index in [0.717, 1.165) is 50.5 Å². The Labute approximate surface area is 139 Å². The van der Waals surface area contributed by atoms with E-state index in [9.17, 15) is 8.78 Å². The molecule has 0 amide bonds. The molecular weight excluding hydrogens is 314 g/mol. The van der Waals surface area contributed by atoms with Gasteiger partial charge in [0.05, 0.1) is 12.2 Å². The van der Waals surface area contributed by atoms with Gasteiger partial charge in [-0.3, -0.25) is 0 Å². The van der Waals surface area contributed by atoms with Gasteiger partial charge in [-0.2, -0.15) is 0 Å². The molecule has 5 nitrogen and oxygen atoms in total. The quantitative estimate of drug-likeness (QED) is 0.860. The second-order valence-corrected chi connectivity index (χ2v) is 6.38. The minimum atomic E-state index is -0.416. The van der Waals surface area contributed by atoms with Crippen molar-refractivity contribution in [2.24, 2.45) is 0 Å². The lowest BCUT2D eigenvalue weighted by molar-refractivity contribution is -0.0396. The zero-order valence-electron chi connectivity index (χ0n) is 13.4. The number of hydrogen-bond donors (Lipinski definition) is 0. The third-order valence-corrected chi connectivity index (χ3v) is 4.85. The molecular formula is C17H20F2N4O. The summed E-state index contributed by atoms with van der Waals surface area (Å²) in [5.41, 5.74) is 0.393. The molecule has 0 N–H and O–H groups in total. The van der Waals surface area contributed by atoms with E-state index in [1.165, 1.54) is 12.1 Å². The molecule has 2 atom stereocenters. The van der Waals surface area contributed by atoms with Crippen LogP contribution < -0.4 is 4.90 Å². The average molecular weight is 334 g/mol. The highest BCUT2D eigenvalue weighted by atomic mass is 19.1. The van der Waals surface area contributed by atoms with Gasteiger partial charge >= 0.3 is 0 Å². The Morgan fingerprint density at radius 2 is 2.04 bits per heavy atom. The third-order valence-electron chi connectivity index (χ3n) is 4.85. The van der Waals surface area contributed by atoms with Gasteiger partial charge < -0.3 is 9.64 Å². The molecule has 1 aromatic carbocycles. The molecule has 0 spiro atoms. The number of halogens is 2. The summed E-state index contributed by atoms with van der Waals surface area (Å²) in [7, 11) is 0. The van der Waals surface area contributed by atoms with Crippen LogP contribution in [0.1, 0.15) is 49.9 Å². The zero-order valence-corrected chi connectivity index (χ0v) is 13.4. The van der Waals surface area contributed by atoms with Crippen molar-refractivity contribution in [3.63, 3.8) is 0 Å². The molecule has 0 bridgehead atoms. The maximum Gasteiger partial charge on any atom is 0.154 e. The molecule has 0 aliphatic carbocycles. The lowest BCUT2D eigenvalue weighted by Gasteiger charge is -2.30. The van der Waals surface area contributed by atoms with Crippen molar-refractivity contribution >= 4 is 5.82 Å². The maximum atomic E-state index is 14.2. The largest absolute Gasteiger partial charge is 0.356 e. The molecule has 0 unspecified atom stereocenters. The van der Waals surface area contributed by atoms with E-state index in [1.807, 2.05) is 0 Å². The van der Waals surface area contributed by atoms with Crippen LogP contribution in [0.4, 0.5) is 14.6 Å². The summed E-state index contributed by atoms with van der Waals surface area (Å²) in [5, 5.41) is 8.22. The van der Waals surface area contributed by atoms with Crippen molar-refractivity contribution in [3.05, 3.63) is 41.6 Å². The molecule has 128 valence electrons. The number of ether oxygens (including phenoxy) is 1. The summed E-state index contributed by atoms with van der Waals surface area (Å²) < 4.78 is 35.4. The van der Waals surface area contributed by atoms with Crippen LogP contribution in [0.15, 0.2) is 24.4 Å². The van der Waals surface area contributed by atoms with Crippen molar-refractivity contribution in [2.75, 3.05) is 18.1 Å². The Morgan fingerprint density at radius 1 is 1.12 bits per heavy atom. The van der Waals surface area contributed by atoms with Crippen molar-refractivity contribution in [2.45, 2.75) is 44.4 Å². The molecule has 24 heavy (non-hydrogen) atoms. The normalized spacial score (nSPS) is 24.5. The molecule has 2 fully saturated rings. The zero-order chi connectivity index (χ0) is 16.5. The Hall–Kier alpha value is -2.02. The highest BCUT2D eigenvalue weighted by Crippen LogP contribution is 2.38. The Balaban J connectivity index is 1.66. The van der Waals surface area contributed by atoms with Gasteiger partial charge in [-0.25, -0.2) is 13.5 Å². The lowest BCUT2D eigenvalue weighted by Crippen LogP contribution is -2.29. The van der Waals surface area contributed by atoms with Crippen molar-refractivity contribution in [1.29, 1.82) is 0 Å². The highest BCUT2D eigenvalue weighted by Gasteiger charge is 2.32. The van der Waals surface area contributed by atoms with Crippen LogP contribution in [0.2, 0.25) is 0 Å². The van der Waals surface area contributed by atoms with Gasteiger partial charge in [-0.05, 0) is 50.3 Å². The predicted molar refractivity (Wildman–Crippen MR) is 84.5 cm³/mol.